The summed E-state index contributed by atoms with van der Waals surface area (Å²) in [4.78, 5) is 26.7. The number of rotatable bonds is 6. The normalized spacial score (nSPS) is 18.7. The number of aromatic nitrogens is 2. The van der Waals surface area contributed by atoms with Crippen LogP contribution in [-0.4, -0.2) is 66.2 Å². The molecule has 2 saturated heterocycles. The number of nitrogens with two attached hydrogens (primary N) is 2. The van der Waals surface area contributed by atoms with E-state index in [1.807, 2.05) is 24.3 Å². The number of pyridine rings is 2. The summed E-state index contributed by atoms with van der Waals surface area (Å²) in [5.41, 5.74) is 17.2. The number of hydrogen-bond donors (Lipinski definition) is 3. The molecule has 2 aliphatic heterocycles. The van der Waals surface area contributed by atoms with E-state index >= 15 is 0 Å². The highest BCUT2D eigenvalue weighted by Crippen LogP contribution is 2.29. The number of piperidine rings is 1. The van der Waals surface area contributed by atoms with Crippen LogP contribution >= 0.6 is 0 Å². The molecular formula is C27H33N7O2. The molecular weight excluding hydrogens is 454 g/mol. The Bertz CT molecular complexity index is 1210. The van der Waals surface area contributed by atoms with Crippen LogP contribution in [-0.2, 0) is 11.3 Å². The van der Waals surface area contributed by atoms with Crippen molar-refractivity contribution >= 4 is 23.0 Å². The van der Waals surface area contributed by atoms with E-state index < -0.39 is 0 Å². The summed E-state index contributed by atoms with van der Waals surface area (Å²) in [7, 11) is 0. The van der Waals surface area contributed by atoms with Gasteiger partial charge >= 0.3 is 0 Å². The Kier molecular flexibility index (Phi) is 7.41. The van der Waals surface area contributed by atoms with E-state index in [1.165, 1.54) is 5.56 Å². The molecule has 0 bridgehead atoms. The van der Waals surface area contributed by atoms with E-state index in [9.17, 15) is 4.79 Å². The van der Waals surface area contributed by atoms with Gasteiger partial charge in [0.2, 0.25) is 0 Å². The van der Waals surface area contributed by atoms with Crippen LogP contribution in [0.3, 0.4) is 0 Å². The zero-order valence-electron chi connectivity index (χ0n) is 20.4. The van der Waals surface area contributed by atoms with Crippen LogP contribution < -0.4 is 21.7 Å². The SMILES string of the molecule is Nc1ccc(-c2cccc(CN3CCOCC3)c2)nc1C(=O)Nc1cnccc1N1CCCC(N)C1. The van der Waals surface area contributed by atoms with Gasteiger partial charge in [-0.1, -0.05) is 18.2 Å². The third-order valence-corrected chi connectivity index (χ3v) is 6.72. The minimum Gasteiger partial charge on any atom is -0.397 e. The van der Waals surface area contributed by atoms with Crippen molar-refractivity contribution in [2.24, 2.45) is 5.73 Å². The summed E-state index contributed by atoms with van der Waals surface area (Å²) in [5, 5.41) is 2.98. The van der Waals surface area contributed by atoms with Crippen LogP contribution in [0.2, 0.25) is 0 Å². The molecule has 9 heteroatoms. The maximum absolute atomic E-state index is 13.3. The van der Waals surface area contributed by atoms with Gasteiger partial charge in [-0.3, -0.25) is 14.7 Å². The number of hydrogen-bond acceptors (Lipinski definition) is 8. The molecule has 1 aromatic carbocycles. The second-order valence-corrected chi connectivity index (χ2v) is 9.42. The summed E-state index contributed by atoms with van der Waals surface area (Å²) in [6.45, 7) is 5.86. The number of morpholine rings is 1. The Labute approximate surface area is 211 Å². The molecule has 2 aliphatic rings. The van der Waals surface area contributed by atoms with E-state index in [-0.39, 0.29) is 17.6 Å². The molecule has 2 fully saturated rings. The Balaban J connectivity index is 1.35. The van der Waals surface area contributed by atoms with Crippen LogP contribution in [0.5, 0.6) is 0 Å². The van der Waals surface area contributed by atoms with Crippen molar-refractivity contribution in [2.75, 3.05) is 55.3 Å². The van der Waals surface area contributed by atoms with Crippen molar-refractivity contribution in [1.29, 1.82) is 0 Å². The lowest BCUT2D eigenvalue weighted by molar-refractivity contribution is 0.0342. The first-order chi connectivity index (χ1) is 17.6. The molecule has 4 heterocycles. The van der Waals surface area contributed by atoms with Crippen LogP contribution in [0, 0.1) is 0 Å². The lowest BCUT2D eigenvalue weighted by Gasteiger charge is -2.33. The fraction of sp³-hybridized carbons (Fsp3) is 0.370. The average molecular weight is 488 g/mol. The standard InChI is InChI=1S/C27H33N7O2/c28-21-5-2-10-34(18-21)25-8-9-30-16-24(25)32-27(35)26-22(29)6-7-23(31-26)20-4-1-3-19(15-20)17-33-11-13-36-14-12-33/h1,3-4,6-9,15-16,21H,2,5,10-14,17-18,28-29H2,(H,32,35). The van der Waals surface area contributed by atoms with Gasteiger partial charge in [-0.2, -0.15) is 0 Å². The molecule has 36 heavy (non-hydrogen) atoms. The number of nitrogens with zero attached hydrogens (tertiary/aromatic N) is 4. The van der Waals surface area contributed by atoms with Gasteiger partial charge < -0.3 is 26.4 Å². The van der Waals surface area contributed by atoms with Crippen molar-refractivity contribution in [3.8, 4) is 11.3 Å². The van der Waals surface area contributed by atoms with Crippen LogP contribution in [0.1, 0.15) is 28.9 Å². The zero-order chi connectivity index (χ0) is 24.9. The van der Waals surface area contributed by atoms with Crippen molar-refractivity contribution in [2.45, 2.75) is 25.4 Å². The van der Waals surface area contributed by atoms with Gasteiger partial charge in [0.15, 0.2) is 5.69 Å². The lowest BCUT2D eigenvalue weighted by Crippen LogP contribution is -2.43. The molecule has 1 amide bonds. The number of benzene rings is 1. The monoisotopic (exact) mass is 487 g/mol. The Morgan fingerprint density at radius 2 is 2.00 bits per heavy atom. The van der Waals surface area contributed by atoms with Crippen LogP contribution in [0.25, 0.3) is 11.3 Å². The molecule has 0 aliphatic carbocycles. The molecule has 2 aromatic heterocycles. The number of amides is 1. The third kappa shape index (κ3) is 5.64. The predicted octanol–water partition coefficient (Wildman–Crippen LogP) is 2.74. The predicted molar refractivity (Wildman–Crippen MR) is 142 cm³/mol. The number of ether oxygens (including phenoxy) is 1. The van der Waals surface area contributed by atoms with E-state index in [4.69, 9.17) is 16.2 Å². The maximum atomic E-state index is 13.3. The maximum Gasteiger partial charge on any atom is 0.276 e. The second kappa shape index (κ2) is 11.0. The fourth-order valence-electron chi connectivity index (χ4n) is 4.83. The van der Waals surface area contributed by atoms with Gasteiger partial charge in [0, 0.05) is 50.5 Å². The molecule has 1 unspecified atom stereocenters. The minimum absolute atomic E-state index is 0.114. The van der Waals surface area contributed by atoms with Crippen LogP contribution in [0.15, 0.2) is 54.9 Å². The van der Waals surface area contributed by atoms with E-state index in [1.54, 1.807) is 18.5 Å². The Morgan fingerprint density at radius 1 is 1.14 bits per heavy atom. The Hall–Kier alpha value is -3.53. The van der Waals surface area contributed by atoms with E-state index in [0.29, 0.717) is 17.1 Å². The molecule has 0 spiro atoms. The first-order valence-corrected chi connectivity index (χ1v) is 12.5. The second-order valence-electron chi connectivity index (χ2n) is 9.42. The zero-order valence-corrected chi connectivity index (χ0v) is 20.4. The molecule has 0 radical (unpaired) electrons. The number of anilines is 3. The number of carbonyl (C=O) groups excluding carboxylic acids is 1. The molecule has 3 aromatic rings. The number of nitrogen functional groups attached to an aromatic ring is 1. The van der Waals surface area contributed by atoms with Gasteiger partial charge in [-0.25, -0.2) is 4.98 Å². The van der Waals surface area contributed by atoms with Crippen molar-refractivity contribution in [3.63, 3.8) is 0 Å². The summed E-state index contributed by atoms with van der Waals surface area (Å²) >= 11 is 0. The van der Waals surface area contributed by atoms with Crippen LogP contribution in [0.4, 0.5) is 17.1 Å². The lowest BCUT2D eigenvalue weighted by atomic mass is 10.1. The number of nitrogens with one attached hydrogen (secondary N) is 1. The molecule has 9 nitrogen and oxygen atoms in total. The molecule has 0 saturated carbocycles. The first kappa shape index (κ1) is 24.2. The van der Waals surface area contributed by atoms with Gasteiger partial charge in [-0.15, -0.1) is 0 Å². The molecule has 1 atom stereocenters. The highest BCUT2D eigenvalue weighted by Gasteiger charge is 2.21. The van der Waals surface area contributed by atoms with Crippen molar-refractivity contribution in [3.05, 3.63) is 66.1 Å². The minimum atomic E-state index is -0.366. The molecule has 188 valence electrons. The van der Waals surface area contributed by atoms with E-state index in [0.717, 1.165) is 70.0 Å². The van der Waals surface area contributed by atoms with Gasteiger partial charge in [0.05, 0.1) is 42.2 Å². The van der Waals surface area contributed by atoms with Crippen molar-refractivity contribution in [1.82, 2.24) is 14.9 Å². The first-order valence-electron chi connectivity index (χ1n) is 12.5. The largest absolute Gasteiger partial charge is 0.397 e. The average Bonchev–Trinajstić information content (AvgIpc) is 2.90. The summed E-state index contributed by atoms with van der Waals surface area (Å²) in [6.07, 6.45) is 5.40. The van der Waals surface area contributed by atoms with Gasteiger partial charge in [0.1, 0.15) is 0 Å². The highest BCUT2D eigenvalue weighted by molar-refractivity contribution is 6.07. The van der Waals surface area contributed by atoms with Crippen molar-refractivity contribution < 1.29 is 9.53 Å². The fourth-order valence-corrected chi connectivity index (χ4v) is 4.83. The third-order valence-electron chi connectivity index (χ3n) is 6.72. The smallest absolute Gasteiger partial charge is 0.276 e. The Morgan fingerprint density at radius 3 is 2.83 bits per heavy atom. The van der Waals surface area contributed by atoms with Gasteiger partial charge in [-0.05, 0) is 42.7 Å². The highest BCUT2D eigenvalue weighted by atomic mass is 16.5. The van der Waals surface area contributed by atoms with Gasteiger partial charge in [0.25, 0.3) is 5.91 Å². The summed E-state index contributed by atoms with van der Waals surface area (Å²) in [6, 6.07) is 13.9. The topological polar surface area (TPSA) is 123 Å². The summed E-state index contributed by atoms with van der Waals surface area (Å²) in [5.74, 6) is -0.366. The molecule has 5 N–H and O–H groups in total. The molecule has 5 rings (SSSR count). The quantitative estimate of drug-likeness (QED) is 0.485. The number of carbonyl (C=O) groups is 1. The van der Waals surface area contributed by atoms with E-state index in [2.05, 4.69) is 37.2 Å². The summed E-state index contributed by atoms with van der Waals surface area (Å²) < 4.78 is 5.45.